The fraction of sp³-hybridized carbons (Fsp3) is 0.625. The highest BCUT2D eigenvalue weighted by Crippen LogP contribution is 2.25. The number of piperidine rings is 1. The van der Waals surface area contributed by atoms with E-state index in [1.165, 1.54) is 37.8 Å². The number of likely N-dealkylation sites (tertiary alicyclic amines) is 1. The molecular weight excluding hydrogens is 336 g/mol. The predicted molar refractivity (Wildman–Crippen MR) is 90.4 cm³/mol. The number of nitrogens with zero attached hydrogens (tertiary/aromatic N) is 1. The summed E-state index contributed by atoms with van der Waals surface area (Å²) >= 11 is 9.82. The fourth-order valence-electron chi connectivity index (χ4n) is 2.81. The van der Waals surface area contributed by atoms with Crippen molar-refractivity contribution in [2.75, 3.05) is 19.6 Å². The number of nitrogens with one attached hydrogen (secondary N) is 1. The van der Waals surface area contributed by atoms with Gasteiger partial charge in [-0.3, -0.25) is 4.90 Å². The van der Waals surface area contributed by atoms with Crippen LogP contribution >= 0.6 is 27.5 Å². The number of rotatable bonds is 6. The summed E-state index contributed by atoms with van der Waals surface area (Å²) in [5.41, 5.74) is 1.23. The molecular formula is C16H24BrClN2. The average Bonchev–Trinajstić information content (AvgIpc) is 2.44. The molecule has 0 radical (unpaired) electrons. The highest BCUT2D eigenvalue weighted by atomic mass is 79.9. The minimum atomic E-state index is 0.648. The van der Waals surface area contributed by atoms with Crippen LogP contribution in [0.1, 0.15) is 38.2 Å². The van der Waals surface area contributed by atoms with Crippen LogP contribution in [0.2, 0.25) is 5.02 Å². The van der Waals surface area contributed by atoms with Gasteiger partial charge in [-0.15, -0.1) is 0 Å². The third-order valence-electron chi connectivity index (χ3n) is 3.94. The van der Waals surface area contributed by atoms with Gasteiger partial charge in [-0.1, -0.05) is 46.9 Å². The van der Waals surface area contributed by atoms with E-state index in [1.54, 1.807) is 0 Å². The molecule has 0 amide bonds. The molecule has 1 atom stereocenters. The van der Waals surface area contributed by atoms with Crippen LogP contribution in [0, 0.1) is 0 Å². The first-order chi connectivity index (χ1) is 9.70. The Morgan fingerprint density at radius 2 is 2.25 bits per heavy atom. The fourth-order valence-corrected chi connectivity index (χ4v) is 3.55. The Bertz CT molecular complexity index is 425. The van der Waals surface area contributed by atoms with Gasteiger partial charge in [0.15, 0.2) is 0 Å². The van der Waals surface area contributed by atoms with E-state index in [0.29, 0.717) is 6.04 Å². The van der Waals surface area contributed by atoms with Gasteiger partial charge in [0.2, 0.25) is 0 Å². The molecule has 0 spiro atoms. The van der Waals surface area contributed by atoms with Gasteiger partial charge in [0.05, 0.1) is 0 Å². The molecule has 1 unspecified atom stereocenters. The number of halogens is 2. The number of hydrogen-bond acceptors (Lipinski definition) is 2. The highest BCUT2D eigenvalue weighted by molar-refractivity contribution is 9.10. The molecule has 112 valence electrons. The van der Waals surface area contributed by atoms with E-state index in [1.807, 2.05) is 6.07 Å². The zero-order valence-electron chi connectivity index (χ0n) is 12.2. The van der Waals surface area contributed by atoms with Gasteiger partial charge >= 0.3 is 0 Å². The molecule has 0 saturated carbocycles. The molecule has 1 heterocycles. The summed E-state index contributed by atoms with van der Waals surface area (Å²) in [7, 11) is 0. The van der Waals surface area contributed by atoms with E-state index in [4.69, 9.17) is 11.6 Å². The number of benzene rings is 1. The maximum absolute atomic E-state index is 6.35. The van der Waals surface area contributed by atoms with Crippen molar-refractivity contribution < 1.29 is 0 Å². The lowest BCUT2D eigenvalue weighted by Crippen LogP contribution is -2.45. The van der Waals surface area contributed by atoms with Crippen molar-refractivity contribution in [2.45, 2.75) is 45.2 Å². The van der Waals surface area contributed by atoms with Gasteiger partial charge < -0.3 is 5.32 Å². The molecule has 4 heteroatoms. The lowest BCUT2D eigenvalue weighted by molar-refractivity contribution is 0.137. The van der Waals surface area contributed by atoms with E-state index in [0.717, 1.165) is 29.1 Å². The second kappa shape index (κ2) is 8.38. The summed E-state index contributed by atoms with van der Waals surface area (Å²) < 4.78 is 1.05. The topological polar surface area (TPSA) is 15.3 Å². The van der Waals surface area contributed by atoms with Crippen LogP contribution in [0.4, 0.5) is 0 Å². The molecule has 1 fully saturated rings. The molecule has 0 aromatic heterocycles. The van der Waals surface area contributed by atoms with Crippen molar-refractivity contribution in [3.05, 3.63) is 33.3 Å². The summed E-state index contributed by atoms with van der Waals surface area (Å²) in [4.78, 5) is 2.58. The summed E-state index contributed by atoms with van der Waals surface area (Å²) in [6.45, 7) is 6.58. The van der Waals surface area contributed by atoms with E-state index in [9.17, 15) is 0 Å². The molecule has 2 rings (SSSR count). The average molecular weight is 360 g/mol. The van der Waals surface area contributed by atoms with Gasteiger partial charge in [0, 0.05) is 28.6 Å². The van der Waals surface area contributed by atoms with Crippen molar-refractivity contribution in [1.82, 2.24) is 10.2 Å². The third kappa shape index (κ3) is 4.73. The normalized spacial score (nSPS) is 20.2. The molecule has 1 N–H and O–H groups in total. The van der Waals surface area contributed by atoms with E-state index >= 15 is 0 Å². The Labute approximate surface area is 136 Å². The van der Waals surface area contributed by atoms with Gasteiger partial charge in [-0.25, -0.2) is 0 Å². The molecule has 0 bridgehead atoms. The first kappa shape index (κ1) is 16.3. The molecule has 1 aromatic rings. The summed E-state index contributed by atoms with van der Waals surface area (Å²) in [5.74, 6) is 0. The van der Waals surface area contributed by atoms with Crippen molar-refractivity contribution in [1.29, 1.82) is 0 Å². The minimum Gasteiger partial charge on any atom is -0.315 e. The van der Waals surface area contributed by atoms with Crippen LogP contribution in [-0.4, -0.2) is 30.6 Å². The van der Waals surface area contributed by atoms with Crippen LogP contribution in [0.15, 0.2) is 22.7 Å². The second-order valence-corrected chi connectivity index (χ2v) is 6.88. The SMILES string of the molecule is CCCNCC1CCCCN1Cc1ccc(Br)cc1Cl. The molecule has 2 nitrogen and oxygen atoms in total. The second-order valence-electron chi connectivity index (χ2n) is 5.56. The summed E-state index contributed by atoms with van der Waals surface area (Å²) in [6.07, 6.45) is 5.15. The molecule has 1 aliphatic rings. The Morgan fingerprint density at radius 1 is 1.40 bits per heavy atom. The molecule has 1 aliphatic heterocycles. The monoisotopic (exact) mass is 358 g/mol. The Hall–Kier alpha value is -0.0900. The minimum absolute atomic E-state index is 0.648. The van der Waals surface area contributed by atoms with Crippen molar-refractivity contribution in [3.8, 4) is 0 Å². The quantitative estimate of drug-likeness (QED) is 0.755. The maximum atomic E-state index is 6.35. The van der Waals surface area contributed by atoms with Crippen LogP contribution in [0.25, 0.3) is 0 Å². The van der Waals surface area contributed by atoms with Gasteiger partial charge in [0.25, 0.3) is 0 Å². The van der Waals surface area contributed by atoms with Crippen LogP contribution < -0.4 is 5.32 Å². The third-order valence-corrected chi connectivity index (χ3v) is 4.79. The molecule has 0 aliphatic carbocycles. The lowest BCUT2D eigenvalue weighted by atomic mass is 10.0. The van der Waals surface area contributed by atoms with Gasteiger partial charge in [0.1, 0.15) is 0 Å². The van der Waals surface area contributed by atoms with Crippen molar-refractivity contribution >= 4 is 27.5 Å². The summed E-state index contributed by atoms with van der Waals surface area (Å²) in [6, 6.07) is 6.85. The van der Waals surface area contributed by atoms with Crippen LogP contribution in [0.3, 0.4) is 0 Å². The zero-order chi connectivity index (χ0) is 14.4. The molecule has 1 saturated heterocycles. The van der Waals surface area contributed by atoms with Gasteiger partial charge in [-0.05, 0) is 50.0 Å². The molecule has 1 aromatic carbocycles. The standard InChI is InChI=1S/C16H24BrClN2/c1-2-8-19-11-15-5-3-4-9-20(15)12-13-6-7-14(17)10-16(13)18/h6-7,10,15,19H,2-5,8-9,11-12H2,1H3. The largest absolute Gasteiger partial charge is 0.315 e. The van der Waals surface area contributed by atoms with E-state index < -0.39 is 0 Å². The Morgan fingerprint density at radius 3 is 3.00 bits per heavy atom. The molecule has 20 heavy (non-hydrogen) atoms. The van der Waals surface area contributed by atoms with Gasteiger partial charge in [-0.2, -0.15) is 0 Å². The number of hydrogen-bond donors (Lipinski definition) is 1. The highest BCUT2D eigenvalue weighted by Gasteiger charge is 2.22. The first-order valence-corrected chi connectivity index (χ1v) is 8.76. The Kier molecular flexibility index (Phi) is 6.82. The van der Waals surface area contributed by atoms with Crippen molar-refractivity contribution in [3.63, 3.8) is 0 Å². The van der Waals surface area contributed by atoms with E-state index in [-0.39, 0.29) is 0 Å². The van der Waals surface area contributed by atoms with Crippen LogP contribution in [0.5, 0.6) is 0 Å². The lowest BCUT2D eigenvalue weighted by Gasteiger charge is -2.36. The van der Waals surface area contributed by atoms with E-state index in [2.05, 4.69) is 45.2 Å². The predicted octanol–water partition coefficient (Wildman–Crippen LogP) is 4.46. The zero-order valence-corrected chi connectivity index (χ0v) is 14.5. The summed E-state index contributed by atoms with van der Waals surface area (Å²) in [5, 5.41) is 4.43. The maximum Gasteiger partial charge on any atom is 0.0462 e. The smallest absolute Gasteiger partial charge is 0.0462 e. The first-order valence-electron chi connectivity index (χ1n) is 7.59. The van der Waals surface area contributed by atoms with Crippen LogP contribution in [-0.2, 0) is 6.54 Å². The Balaban J connectivity index is 1.97. The van der Waals surface area contributed by atoms with Crippen molar-refractivity contribution in [2.24, 2.45) is 0 Å².